The molecule has 0 amide bonds. The Balaban J connectivity index is 1.63. The average Bonchev–Trinajstić information content (AvgIpc) is 3.37. The summed E-state index contributed by atoms with van der Waals surface area (Å²) in [7, 11) is 1.38. The molecule has 6 nitrogen and oxygen atoms in total. The first kappa shape index (κ1) is 17.4. The molecule has 5 rings (SSSR count). The lowest BCUT2D eigenvalue weighted by atomic mass is 10.0. The van der Waals surface area contributed by atoms with Crippen molar-refractivity contribution in [2.75, 3.05) is 33.5 Å². The fraction of sp³-hybridized carbons (Fsp3) is 0.250. The highest BCUT2D eigenvalue weighted by Crippen LogP contribution is 2.49. The van der Waals surface area contributed by atoms with Gasteiger partial charge < -0.3 is 23.7 Å². The topological polar surface area (TPSA) is 63.2 Å². The van der Waals surface area contributed by atoms with Crippen LogP contribution in [-0.4, -0.2) is 39.5 Å². The van der Waals surface area contributed by atoms with Gasteiger partial charge in [-0.25, -0.2) is 4.79 Å². The van der Waals surface area contributed by atoms with Gasteiger partial charge in [-0.15, -0.1) is 22.7 Å². The molecule has 8 heteroatoms. The van der Waals surface area contributed by atoms with E-state index in [4.69, 9.17) is 23.7 Å². The molecule has 1 aromatic carbocycles. The number of hydrogen-bond donors (Lipinski definition) is 0. The molecule has 0 unspecified atom stereocenters. The number of methoxy groups -OCH3 is 1. The summed E-state index contributed by atoms with van der Waals surface area (Å²) in [4.78, 5) is 14.4. The minimum Gasteiger partial charge on any atom is -0.485 e. The van der Waals surface area contributed by atoms with E-state index in [1.54, 1.807) is 0 Å². The van der Waals surface area contributed by atoms with Gasteiger partial charge in [-0.05, 0) is 11.6 Å². The summed E-state index contributed by atoms with van der Waals surface area (Å²) in [6.07, 6.45) is 0. The van der Waals surface area contributed by atoms with E-state index >= 15 is 0 Å². The van der Waals surface area contributed by atoms with Crippen molar-refractivity contribution in [2.24, 2.45) is 0 Å². The molecule has 2 aliphatic rings. The Hall–Kier alpha value is -2.71. The van der Waals surface area contributed by atoms with Crippen molar-refractivity contribution < 1.29 is 28.5 Å². The number of thiophene rings is 2. The Morgan fingerprint density at radius 2 is 1.50 bits per heavy atom. The number of carbonyl (C=O) groups is 1. The third-order valence-electron chi connectivity index (χ3n) is 4.53. The zero-order chi connectivity index (χ0) is 19.1. The van der Waals surface area contributed by atoms with Crippen LogP contribution in [0.3, 0.4) is 0 Å². The van der Waals surface area contributed by atoms with Gasteiger partial charge in [0.2, 0.25) is 0 Å². The highest BCUT2D eigenvalue weighted by atomic mass is 32.1. The largest absolute Gasteiger partial charge is 0.485 e. The number of rotatable bonds is 3. The second kappa shape index (κ2) is 7.03. The molecule has 0 saturated heterocycles. The Morgan fingerprint density at radius 3 is 2.18 bits per heavy atom. The normalized spacial score (nSPS) is 14.6. The molecule has 28 heavy (non-hydrogen) atoms. The number of hydrogen-bond acceptors (Lipinski definition) is 8. The van der Waals surface area contributed by atoms with Crippen molar-refractivity contribution >= 4 is 28.6 Å². The lowest BCUT2D eigenvalue weighted by molar-refractivity contribution is 0.0601. The van der Waals surface area contributed by atoms with E-state index < -0.39 is 5.97 Å². The fourth-order valence-corrected chi connectivity index (χ4v) is 5.17. The third kappa shape index (κ3) is 2.80. The molecule has 0 atom stereocenters. The standard InChI is InChI=1S/C20H16O6S2/c1-22-20(21)13-8-11(18-16-14(9-27-18)23-4-6-25-16)2-3-12(13)19-17-15(10-28-19)24-5-7-26-17/h2-3,8-10H,4-7H2,1H3. The highest BCUT2D eigenvalue weighted by molar-refractivity contribution is 7.14. The first-order chi connectivity index (χ1) is 13.8. The van der Waals surface area contributed by atoms with Crippen molar-refractivity contribution in [1.29, 1.82) is 0 Å². The summed E-state index contributed by atoms with van der Waals surface area (Å²) in [5.74, 6) is 2.46. The summed E-state index contributed by atoms with van der Waals surface area (Å²) >= 11 is 3.02. The van der Waals surface area contributed by atoms with Gasteiger partial charge in [0, 0.05) is 16.3 Å². The van der Waals surface area contributed by atoms with Crippen molar-refractivity contribution in [3.8, 4) is 43.9 Å². The number of fused-ring (bicyclic) bond motifs is 2. The van der Waals surface area contributed by atoms with Crippen LogP contribution in [0.15, 0.2) is 29.0 Å². The van der Waals surface area contributed by atoms with E-state index in [0.29, 0.717) is 43.5 Å². The Bertz CT molecular complexity index is 1050. The molecule has 0 N–H and O–H groups in total. The molecule has 0 saturated carbocycles. The van der Waals surface area contributed by atoms with Crippen molar-refractivity contribution in [1.82, 2.24) is 0 Å². The predicted molar refractivity (Wildman–Crippen MR) is 106 cm³/mol. The molecule has 0 radical (unpaired) electrons. The van der Waals surface area contributed by atoms with E-state index in [2.05, 4.69) is 0 Å². The van der Waals surface area contributed by atoms with Crippen LogP contribution in [0.4, 0.5) is 0 Å². The molecule has 0 spiro atoms. The Labute approximate surface area is 169 Å². The maximum absolute atomic E-state index is 12.6. The molecule has 0 aliphatic carbocycles. The molecule has 144 valence electrons. The van der Waals surface area contributed by atoms with E-state index in [-0.39, 0.29) is 0 Å². The van der Waals surface area contributed by atoms with Crippen molar-refractivity contribution in [3.05, 3.63) is 34.5 Å². The van der Waals surface area contributed by atoms with Crippen LogP contribution in [-0.2, 0) is 4.74 Å². The summed E-state index contributed by atoms with van der Waals surface area (Å²) in [5, 5.41) is 3.83. The van der Waals surface area contributed by atoms with Crippen molar-refractivity contribution in [3.63, 3.8) is 0 Å². The quantitative estimate of drug-likeness (QED) is 0.587. The van der Waals surface area contributed by atoms with Gasteiger partial charge >= 0.3 is 5.97 Å². The molecule has 2 aromatic heterocycles. The maximum atomic E-state index is 12.6. The van der Waals surface area contributed by atoms with E-state index in [9.17, 15) is 4.79 Å². The number of benzene rings is 1. The summed E-state index contributed by atoms with van der Waals surface area (Å²) in [6, 6.07) is 5.73. The summed E-state index contributed by atoms with van der Waals surface area (Å²) < 4.78 is 27.9. The fourth-order valence-electron chi connectivity index (χ4n) is 3.27. The molecular formula is C20H16O6S2. The molecule has 2 aliphatic heterocycles. The molecule has 3 aromatic rings. The summed E-state index contributed by atoms with van der Waals surface area (Å²) in [6.45, 7) is 2.07. The van der Waals surface area contributed by atoms with Crippen LogP contribution < -0.4 is 18.9 Å². The van der Waals surface area contributed by atoms with Gasteiger partial charge in [-0.1, -0.05) is 12.1 Å². The maximum Gasteiger partial charge on any atom is 0.338 e. The second-order valence-electron chi connectivity index (χ2n) is 6.16. The van der Waals surface area contributed by atoms with Crippen LogP contribution in [0.2, 0.25) is 0 Å². The van der Waals surface area contributed by atoms with Crippen LogP contribution >= 0.6 is 22.7 Å². The molecular weight excluding hydrogens is 400 g/mol. The smallest absolute Gasteiger partial charge is 0.338 e. The lowest BCUT2D eigenvalue weighted by Crippen LogP contribution is -2.14. The molecule has 4 heterocycles. The van der Waals surface area contributed by atoms with Gasteiger partial charge in [0.1, 0.15) is 26.4 Å². The van der Waals surface area contributed by atoms with Gasteiger partial charge in [0.05, 0.1) is 22.4 Å². The second-order valence-corrected chi connectivity index (χ2v) is 7.92. The van der Waals surface area contributed by atoms with Crippen molar-refractivity contribution in [2.45, 2.75) is 0 Å². The number of carbonyl (C=O) groups excluding carboxylic acids is 1. The van der Waals surface area contributed by atoms with Crippen LogP contribution in [0.5, 0.6) is 23.0 Å². The Morgan fingerprint density at radius 1 is 0.893 bits per heavy atom. The minimum atomic E-state index is -0.404. The monoisotopic (exact) mass is 416 g/mol. The first-order valence-electron chi connectivity index (χ1n) is 8.73. The first-order valence-corrected chi connectivity index (χ1v) is 10.5. The Kier molecular flexibility index (Phi) is 4.37. The molecule has 0 fully saturated rings. The SMILES string of the molecule is COC(=O)c1cc(-c2scc3c2OCCO3)ccc1-c1scc2c1OCCO2. The average molecular weight is 416 g/mol. The summed E-state index contributed by atoms with van der Waals surface area (Å²) in [5.41, 5.74) is 2.11. The minimum absolute atomic E-state index is 0.404. The zero-order valence-corrected chi connectivity index (χ0v) is 16.6. The van der Waals surface area contributed by atoms with E-state index in [0.717, 1.165) is 32.4 Å². The zero-order valence-electron chi connectivity index (χ0n) is 15.0. The van der Waals surface area contributed by atoms with Gasteiger partial charge in [-0.2, -0.15) is 0 Å². The van der Waals surface area contributed by atoms with E-state index in [1.807, 2.05) is 29.0 Å². The van der Waals surface area contributed by atoms with E-state index in [1.165, 1.54) is 29.8 Å². The number of esters is 1. The van der Waals surface area contributed by atoms with Crippen LogP contribution in [0, 0.1) is 0 Å². The van der Waals surface area contributed by atoms with Gasteiger partial charge in [-0.3, -0.25) is 0 Å². The highest BCUT2D eigenvalue weighted by Gasteiger charge is 2.26. The van der Waals surface area contributed by atoms with Gasteiger partial charge in [0.25, 0.3) is 0 Å². The lowest BCUT2D eigenvalue weighted by Gasteiger charge is -2.18. The van der Waals surface area contributed by atoms with Crippen LogP contribution in [0.25, 0.3) is 20.9 Å². The number of ether oxygens (including phenoxy) is 5. The third-order valence-corrected chi connectivity index (χ3v) is 6.50. The van der Waals surface area contributed by atoms with Crippen LogP contribution in [0.1, 0.15) is 10.4 Å². The predicted octanol–water partition coefficient (Wildman–Crippen LogP) is 4.47. The van der Waals surface area contributed by atoms with Gasteiger partial charge in [0.15, 0.2) is 23.0 Å². The molecule has 0 bridgehead atoms.